The second kappa shape index (κ2) is 9.93. The quantitative estimate of drug-likeness (QED) is 0.160. The maximum Gasteiger partial charge on any atom is 0.262 e. The molecule has 0 aliphatic rings. The van der Waals surface area contributed by atoms with Crippen LogP contribution in [0.3, 0.4) is 0 Å². The number of benzene rings is 2. The van der Waals surface area contributed by atoms with Gasteiger partial charge in [-0.05, 0) is 37.3 Å². The molecule has 0 aliphatic heterocycles. The Morgan fingerprint density at radius 1 is 1.30 bits per heavy atom. The van der Waals surface area contributed by atoms with Crippen molar-refractivity contribution in [1.29, 1.82) is 5.26 Å². The molecule has 0 saturated heterocycles. The molecule has 0 bridgehead atoms. The van der Waals surface area contributed by atoms with Crippen LogP contribution in [-0.4, -0.2) is 38.6 Å². The lowest BCUT2D eigenvalue weighted by Gasteiger charge is -2.16. The molecule has 4 rings (SSSR count). The number of hydrogen-bond donors (Lipinski definition) is 1. The van der Waals surface area contributed by atoms with Gasteiger partial charge >= 0.3 is 0 Å². The molecule has 0 radical (unpaired) electrons. The van der Waals surface area contributed by atoms with Crippen molar-refractivity contribution in [3.63, 3.8) is 0 Å². The molecule has 1 unspecified atom stereocenters. The molecule has 1 atom stereocenters. The SMILES string of the molecule is COCCn1c(SC(C)/C(O)=C(\C#N)c2nc3ccccc3s2)nc2cc(Cl)ccc2c1=O. The summed E-state index contributed by atoms with van der Waals surface area (Å²) in [5, 5.41) is 21.9. The Balaban J connectivity index is 1.75. The average Bonchev–Trinajstić information content (AvgIpc) is 3.22. The van der Waals surface area contributed by atoms with E-state index >= 15 is 0 Å². The first-order valence-electron chi connectivity index (χ1n) is 9.97. The number of aliphatic hydroxyl groups excluding tert-OH is 1. The zero-order valence-corrected chi connectivity index (χ0v) is 20.2. The van der Waals surface area contributed by atoms with Crippen LogP contribution >= 0.6 is 34.7 Å². The van der Waals surface area contributed by atoms with Crippen LogP contribution < -0.4 is 5.56 Å². The third kappa shape index (κ3) is 4.75. The molecule has 10 heteroatoms. The van der Waals surface area contributed by atoms with Crippen LogP contribution in [0.5, 0.6) is 0 Å². The number of aliphatic hydroxyl groups is 1. The van der Waals surface area contributed by atoms with Crippen LogP contribution in [0.4, 0.5) is 0 Å². The van der Waals surface area contributed by atoms with Gasteiger partial charge in [0.05, 0.1) is 39.5 Å². The lowest BCUT2D eigenvalue weighted by molar-refractivity contribution is 0.183. The van der Waals surface area contributed by atoms with Gasteiger partial charge < -0.3 is 9.84 Å². The zero-order valence-electron chi connectivity index (χ0n) is 17.8. The van der Waals surface area contributed by atoms with Crippen molar-refractivity contribution in [2.75, 3.05) is 13.7 Å². The van der Waals surface area contributed by atoms with Gasteiger partial charge in [0.2, 0.25) is 0 Å². The molecular formula is C23H19ClN4O3S2. The minimum atomic E-state index is -0.566. The summed E-state index contributed by atoms with van der Waals surface area (Å²) in [4.78, 5) is 22.2. The van der Waals surface area contributed by atoms with Gasteiger partial charge in [0, 0.05) is 12.1 Å². The van der Waals surface area contributed by atoms with Crippen molar-refractivity contribution < 1.29 is 9.84 Å². The highest BCUT2D eigenvalue weighted by molar-refractivity contribution is 7.99. The summed E-state index contributed by atoms with van der Waals surface area (Å²) < 4.78 is 7.59. The Kier molecular flexibility index (Phi) is 7.00. The van der Waals surface area contributed by atoms with E-state index < -0.39 is 5.25 Å². The molecule has 0 fully saturated rings. The molecule has 1 N–H and O–H groups in total. The summed E-state index contributed by atoms with van der Waals surface area (Å²) in [5.41, 5.74) is 1.11. The highest BCUT2D eigenvalue weighted by atomic mass is 35.5. The van der Waals surface area contributed by atoms with E-state index in [9.17, 15) is 15.2 Å². The molecule has 7 nitrogen and oxygen atoms in total. The molecule has 2 aromatic heterocycles. The van der Waals surface area contributed by atoms with Gasteiger partial charge in [0.15, 0.2) is 5.16 Å². The van der Waals surface area contributed by atoms with Gasteiger partial charge in [0.1, 0.15) is 22.4 Å². The van der Waals surface area contributed by atoms with Crippen LogP contribution in [-0.2, 0) is 11.3 Å². The Bertz CT molecular complexity index is 1440. The zero-order chi connectivity index (χ0) is 23.5. The summed E-state index contributed by atoms with van der Waals surface area (Å²) in [7, 11) is 1.56. The molecule has 0 saturated carbocycles. The molecule has 0 aliphatic carbocycles. The van der Waals surface area contributed by atoms with Crippen LogP contribution in [0.1, 0.15) is 11.9 Å². The number of thioether (sulfide) groups is 1. The second-order valence-corrected chi connectivity index (χ2v) is 9.90. The Labute approximate surface area is 202 Å². The predicted octanol–water partition coefficient (Wildman–Crippen LogP) is 5.28. The lowest BCUT2D eigenvalue weighted by atomic mass is 10.2. The first-order valence-corrected chi connectivity index (χ1v) is 12.0. The fourth-order valence-corrected chi connectivity index (χ4v) is 5.39. The van der Waals surface area contributed by atoms with Crippen molar-refractivity contribution in [2.45, 2.75) is 23.9 Å². The van der Waals surface area contributed by atoms with E-state index in [-0.39, 0.29) is 16.9 Å². The average molecular weight is 499 g/mol. The summed E-state index contributed by atoms with van der Waals surface area (Å²) in [6.07, 6.45) is 0. The van der Waals surface area contributed by atoms with Gasteiger partial charge in [-0.2, -0.15) is 5.26 Å². The van der Waals surface area contributed by atoms with E-state index in [0.717, 1.165) is 10.2 Å². The lowest BCUT2D eigenvalue weighted by Crippen LogP contribution is -2.26. The summed E-state index contributed by atoms with van der Waals surface area (Å²) >= 11 is 8.62. The molecule has 0 amide bonds. The minimum absolute atomic E-state index is 0.103. The van der Waals surface area contributed by atoms with Crippen molar-refractivity contribution in [3.8, 4) is 6.07 Å². The predicted molar refractivity (Wildman–Crippen MR) is 133 cm³/mol. The van der Waals surface area contributed by atoms with Crippen LogP contribution in [0.15, 0.2) is 58.2 Å². The van der Waals surface area contributed by atoms with Crippen LogP contribution in [0, 0.1) is 11.3 Å². The third-order valence-electron chi connectivity index (χ3n) is 4.94. The van der Waals surface area contributed by atoms with E-state index in [1.165, 1.54) is 27.7 Å². The monoisotopic (exact) mass is 498 g/mol. The van der Waals surface area contributed by atoms with Gasteiger partial charge in [-0.15, -0.1) is 11.3 Å². The Morgan fingerprint density at radius 2 is 2.09 bits per heavy atom. The van der Waals surface area contributed by atoms with Crippen molar-refractivity contribution in [2.24, 2.45) is 0 Å². The van der Waals surface area contributed by atoms with Crippen molar-refractivity contribution in [1.82, 2.24) is 14.5 Å². The normalized spacial score (nSPS) is 13.2. The summed E-state index contributed by atoms with van der Waals surface area (Å²) in [5.74, 6) is -0.125. The maximum absolute atomic E-state index is 13.1. The number of methoxy groups -OCH3 is 1. The largest absolute Gasteiger partial charge is 0.510 e. The first-order chi connectivity index (χ1) is 15.9. The number of hydrogen-bond acceptors (Lipinski definition) is 8. The molecule has 0 spiro atoms. The van der Waals surface area contributed by atoms with Crippen molar-refractivity contribution >= 4 is 61.4 Å². The van der Waals surface area contributed by atoms with Gasteiger partial charge in [-0.3, -0.25) is 9.36 Å². The fourth-order valence-electron chi connectivity index (χ4n) is 3.25. The Morgan fingerprint density at radius 3 is 2.82 bits per heavy atom. The van der Waals surface area contributed by atoms with E-state index in [0.29, 0.717) is 39.2 Å². The number of allylic oxidation sites excluding steroid dienone is 1. The Hall–Kier alpha value is -2.90. The van der Waals surface area contributed by atoms with E-state index in [1.54, 1.807) is 32.2 Å². The topological polar surface area (TPSA) is 101 Å². The highest BCUT2D eigenvalue weighted by Crippen LogP contribution is 2.33. The number of thiazole rings is 1. The number of rotatable bonds is 7. The highest BCUT2D eigenvalue weighted by Gasteiger charge is 2.22. The van der Waals surface area contributed by atoms with E-state index in [4.69, 9.17) is 16.3 Å². The van der Waals surface area contributed by atoms with E-state index in [1.807, 2.05) is 24.3 Å². The molecular weight excluding hydrogens is 480 g/mol. The number of para-hydroxylation sites is 1. The number of halogens is 1. The number of fused-ring (bicyclic) bond motifs is 2. The first kappa shape index (κ1) is 23.3. The minimum Gasteiger partial charge on any atom is -0.510 e. The molecule has 168 valence electrons. The fraction of sp³-hybridized carbons (Fsp3) is 0.217. The molecule has 33 heavy (non-hydrogen) atoms. The smallest absolute Gasteiger partial charge is 0.262 e. The van der Waals surface area contributed by atoms with Crippen LogP contribution in [0.25, 0.3) is 26.7 Å². The number of nitriles is 1. The van der Waals surface area contributed by atoms with Gasteiger partial charge in [-0.25, -0.2) is 9.97 Å². The summed E-state index contributed by atoms with van der Waals surface area (Å²) in [6, 6.07) is 14.5. The molecule has 4 aromatic rings. The van der Waals surface area contributed by atoms with Gasteiger partial charge in [-0.1, -0.05) is 35.5 Å². The molecule has 2 aromatic carbocycles. The number of ether oxygens (including phenoxy) is 1. The van der Waals surface area contributed by atoms with E-state index in [2.05, 4.69) is 16.0 Å². The number of aromatic nitrogens is 3. The maximum atomic E-state index is 13.1. The van der Waals surface area contributed by atoms with Crippen molar-refractivity contribution in [3.05, 3.63) is 68.6 Å². The second-order valence-electron chi connectivity index (χ2n) is 7.12. The van der Waals surface area contributed by atoms with Gasteiger partial charge in [0.25, 0.3) is 5.56 Å². The molecule has 2 heterocycles. The third-order valence-corrected chi connectivity index (χ3v) is 7.33. The number of nitrogens with zero attached hydrogens (tertiary/aromatic N) is 4. The standard InChI is InChI=1S/C23H19ClN4O3S2/c1-13(20(29)16(12-25)21-26-17-5-3-4-6-19(17)33-21)32-23-27-18-11-14(24)7-8-15(18)22(30)28(23)9-10-31-2/h3-8,11,13,29H,9-10H2,1-2H3/b20-16-. The summed E-state index contributed by atoms with van der Waals surface area (Å²) in [6.45, 7) is 2.36. The van der Waals surface area contributed by atoms with Crippen LogP contribution in [0.2, 0.25) is 5.02 Å².